The predicted octanol–water partition coefficient (Wildman–Crippen LogP) is 2.74. The second-order valence-electron chi connectivity index (χ2n) is 8.43. The number of fused-ring (bicyclic) bond motifs is 3. The molecular formula is C24H26N6O4S. The Morgan fingerprint density at radius 3 is 2.57 bits per heavy atom. The summed E-state index contributed by atoms with van der Waals surface area (Å²) in [6.45, 7) is 2.71. The number of nitrogens with zero attached hydrogens (tertiary/aromatic N) is 5. The zero-order valence-electron chi connectivity index (χ0n) is 19.6. The average Bonchev–Trinajstić information content (AvgIpc) is 3.24. The molecule has 11 heteroatoms. The van der Waals surface area contributed by atoms with E-state index in [9.17, 15) is 9.59 Å². The summed E-state index contributed by atoms with van der Waals surface area (Å²) < 4.78 is 12.3. The van der Waals surface area contributed by atoms with Crippen molar-refractivity contribution < 1.29 is 19.1 Å². The topological polar surface area (TPSA) is 102 Å². The summed E-state index contributed by atoms with van der Waals surface area (Å²) in [4.78, 5) is 38.8. The molecule has 1 N–H and O–H groups in total. The standard InChI is InChI=1S/C24H26N6O4S/c1-33-18-13-15-17(14-19(18)34-2)27-24(35)30-22(15)26-16(23(30)32)6-7-21(31)29-11-9-28(10-12-29)20-5-3-4-8-25-20/h3-5,8,13-14,16,26H,6-7,9-12H2,1-2H3/t16-/m0/s1. The van der Waals surface area contributed by atoms with Crippen LogP contribution >= 0.6 is 12.2 Å². The van der Waals surface area contributed by atoms with Gasteiger partial charge in [0.1, 0.15) is 17.7 Å². The van der Waals surface area contributed by atoms with Crippen molar-refractivity contribution in [1.82, 2.24) is 19.4 Å². The molecule has 1 aromatic carbocycles. The van der Waals surface area contributed by atoms with Crippen LogP contribution < -0.4 is 19.7 Å². The lowest BCUT2D eigenvalue weighted by Gasteiger charge is -2.35. The van der Waals surface area contributed by atoms with Gasteiger partial charge in [0.25, 0.3) is 5.91 Å². The molecule has 1 atom stereocenters. The summed E-state index contributed by atoms with van der Waals surface area (Å²) in [7, 11) is 3.10. The first-order chi connectivity index (χ1) is 17.0. The van der Waals surface area contributed by atoms with Gasteiger partial charge in [-0.1, -0.05) is 6.07 Å². The average molecular weight is 495 g/mol. The van der Waals surface area contributed by atoms with Gasteiger partial charge in [0.05, 0.1) is 19.7 Å². The van der Waals surface area contributed by atoms with E-state index in [1.54, 1.807) is 32.5 Å². The van der Waals surface area contributed by atoms with Crippen LogP contribution in [-0.4, -0.2) is 77.7 Å². The molecule has 10 nitrogen and oxygen atoms in total. The van der Waals surface area contributed by atoms with Gasteiger partial charge in [-0.15, -0.1) is 0 Å². The maximum absolute atomic E-state index is 13.1. The Balaban J connectivity index is 1.26. The molecule has 3 aromatic rings. The number of carbonyl (C=O) groups is 2. The maximum atomic E-state index is 13.1. The zero-order chi connectivity index (χ0) is 24.5. The van der Waals surface area contributed by atoms with Gasteiger partial charge in [0.15, 0.2) is 11.5 Å². The molecule has 5 rings (SSSR count). The Hall–Kier alpha value is -3.73. The molecule has 0 bridgehead atoms. The van der Waals surface area contributed by atoms with Crippen molar-refractivity contribution in [1.29, 1.82) is 0 Å². The van der Waals surface area contributed by atoms with E-state index in [1.165, 1.54) is 4.57 Å². The number of methoxy groups -OCH3 is 2. The Bertz CT molecular complexity index is 1340. The lowest BCUT2D eigenvalue weighted by molar-refractivity contribution is -0.131. The number of hydrogen-bond donors (Lipinski definition) is 1. The number of rotatable bonds is 6. The summed E-state index contributed by atoms with van der Waals surface area (Å²) in [6, 6.07) is 8.77. The number of nitrogens with one attached hydrogen (secondary N) is 1. The number of hydrogen-bond acceptors (Lipinski definition) is 9. The summed E-state index contributed by atoms with van der Waals surface area (Å²) in [5, 5.41) is 3.97. The molecule has 0 aliphatic carbocycles. The highest BCUT2D eigenvalue weighted by Gasteiger charge is 2.33. The molecule has 2 aliphatic rings. The van der Waals surface area contributed by atoms with Crippen molar-refractivity contribution in [3.63, 3.8) is 0 Å². The number of ether oxygens (including phenoxy) is 2. The van der Waals surface area contributed by atoms with Crippen LogP contribution in [0.4, 0.5) is 11.6 Å². The summed E-state index contributed by atoms with van der Waals surface area (Å²) in [5.41, 5.74) is 0.599. The van der Waals surface area contributed by atoms with E-state index in [-0.39, 0.29) is 23.0 Å². The number of amides is 1. The van der Waals surface area contributed by atoms with E-state index < -0.39 is 6.04 Å². The molecule has 4 heterocycles. The second kappa shape index (κ2) is 9.49. The first kappa shape index (κ1) is 23.0. The van der Waals surface area contributed by atoms with E-state index in [2.05, 4.69) is 20.2 Å². The van der Waals surface area contributed by atoms with Crippen molar-refractivity contribution >= 4 is 46.6 Å². The lowest BCUT2D eigenvalue weighted by Crippen LogP contribution is -2.49. The molecule has 35 heavy (non-hydrogen) atoms. The van der Waals surface area contributed by atoms with Gasteiger partial charge < -0.3 is 24.6 Å². The van der Waals surface area contributed by atoms with Crippen LogP contribution in [0.15, 0.2) is 36.5 Å². The lowest BCUT2D eigenvalue weighted by atomic mass is 10.1. The van der Waals surface area contributed by atoms with Crippen molar-refractivity contribution in [2.45, 2.75) is 18.9 Å². The van der Waals surface area contributed by atoms with Crippen LogP contribution in [-0.2, 0) is 4.79 Å². The van der Waals surface area contributed by atoms with Crippen molar-refractivity contribution in [2.24, 2.45) is 0 Å². The Morgan fingerprint density at radius 2 is 1.89 bits per heavy atom. The quantitative estimate of drug-likeness (QED) is 0.518. The van der Waals surface area contributed by atoms with Gasteiger partial charge in [-0.05, 0) is 36.8 Å². The highest BCUT2D eigenvalue weighted by Crippen LogP contribution is 2.37. The van der Waals surface area contributed by atoms with Gasteiger partial charge in [0, 0.05) is 50.2 Å². The van der Waals surface area contributed by atoms with Gasteiger partial charge in [0.2, 0.25) is 10.7 Å². The molecule has 182 valence electrons. The van der Waals surface area contributed by atoms with Crippen LogP contribution in [0.2, 0.25) is 0 Å². The van der Waals surface area contributed by atoms with Gasteiger partial charge in [-0.2, -0.15) is 0 Å². The fourth-order valence-electron chi connectivity index (χ4n) is 4.60. The molecule has 0 saturated carbocycles. The largest absolute Gasteiger partial charge is 0.493 e. The number of carbonyl (C=O) groups excluding carboxylic acids is 2. The summed E-state index contributed by atoms with van der Waals surface area (Å²) >= 11 is 5.40. The van der Waals surface area contributed by atoms with E-state index >= 15 is 0 Å². The Kier molecular flexibility index (Phi) is 6.25. The molecule has 1 amide bonds. The first-order valence-electron chi connectivity index (χ1n) is 11.4. The smallest absolute Gasteiger partial charge is 0.257 e. The van der Waals surface area contributed by atoms with E-state index in [0.29, 0.717) is 47.7 Å². The third-order valence-electron chi connectivity index (χ3n) is 6.47. The zero-order valence-corrected chi connectivity index (χ0v) is 20.4. The number of pyridine rings is 1. The monoisotopic (exact) mass is 494 g/mol. The van der Waals surface area contributed by atoms with Gasteiger partial charge >= 0.3 is 0 Å². The third-order valence-corrected chi connectivity index (χ3v) is 6.74. The van der Waals surface area contributed by atoms with Crippen LogP contribution in [0.5, 0.6) is 11.5 Å². The third kappa shape index (κ3) is 4.27. The molecular weight excluding hydrogens is 468 g/mol. The predicted molar refractivity (Wildman–Crippen MR) is 134 cm³/mol. The van der Waals surface area contributed by atoms with Crippen molar-refractivity contribution in [3.05, 3.63) is 41.3 Å². The SMILES string of the molecule is COc1cc2nc(=S)n3c(c2cc1OC)N[C@@H](CCC(=O)N1CCN(c2ccccn2)CC1)C3=O. The summed E-state index contributed by atoms with van der Waals surface area (Å²) in [6.07, 6.45) is 2.40. The number of aromatic nitrogens is 3. The Labute approximate surface area is 207 Å². The highest BCUT2D eigenvalue weighted by atomic mass is 32.1. The maximum Gasteiger partial charge on any atom is 0.257 e. The van der Waals surface area contributed by atoms with Crippen LogP contribution in [0.3, 0.4) is 0 Å². The van der Waals surface area contributed by atoms with Crippen molar-refractivity contribution in [2.75, 3.05) is 50.6 Å². The minimum absolute atomic E-state index is 0.0363. The van der Waals surface area contributed by atoms with Crippen molar-refractivity contribution in [3.8, 4) is 11.5 Å². The second-order valence-corrected chi connectivity index (χ2v) is 8.80. The van der Waals surface area contributed by atoms with E-state index in [1.807, 2.05) is 23.1 Å². The first-order valence-corrected chi connectivity index (χ1v) is 11.8. The fourth-order valence-corrected chi connectivity index (χ4v) is 4.88. The number of benzene rings is 1. The highest BCUT2D eigenvalue weighted by molar-refractivity contribution is 7.71. The fraction of sp³-hybridized carbons (Fsp3) is 0.375. The normalized spacial score (nSPS) is 17.3. The molecule has 2 aromatic heterocycles. The van der Waals surface area contributed by atoms with E-state index in [4.69, 9.17) is 21.7 Å². The molecule has 2 aliphatic heterocycles. The Morgan fingerprint density at radius 1 is 1.14 bits per heavy atom. The number of anilines is 2. The van der Waals surface area contributed by atoms with Crippen LogP contribution in [0.1, 0.15) is 17.6 Å². The van der Waals surface area contributed by atoms with Gasteiger partial charge in [-0.25, -0.2) is 14.5 Å². The molecule has 0 spiro atoms. The number of piperazine rings is 1. The molecule has 1 saturated heterocycles. The molecule has 0 radical (unpaired) electrons. The molecule has 0 unspecified atom stereocenters. The molecule has 1 fully saturated rings. The minimum atomic E-state index is -0.559. The van der Waals surface area contributed by atoms with Crippen LogP contribution in [0, 0.1) is 4.77 Å². The van der Waals surface area contributed by atoms with Gasteiger partial charge in [-0.3, -0.25) is 9.59 Å². The van der Waals surface area contributed by atoms with Crippen LogP contribution in [0.25, 0.3) is 10.9 Å². The summed E-state index contributed by atoms with van der Waals surface area (Å²) in [5.74, 6) is 2.37. The minimum Gasteiger partial charge on any atom is -0.493 e. The van der Waals surface area contributed by atoms with E-state index in [0.717, 1.165) is 18.9 Å².